The average molecular weight is 208 g/mol. The highest BCUT2D eigenvalue weighted by Gasteiger charge is 1.86. The lowest BCUT2D eigenvalue weighted by Gasteiger charge is -1.96. The predicted molar refractivity (Wildman–Crippen MR) is 63.7 cm³/mol. The molecule has 0 aliphatic rings. The number of unbranched alkanes of at least 4 members (excludes halogenated alkanes) is 1. The minimum Gasteiger partial charge on any atom is -0.352 e. The van der Waals surface area contributed by atoms with Gasteiger partial charge in [-0.2, -0.15) is 0 Å². The van der Waals surface area contributed by atoms with Gasteiger partial charge in [0.1, 0.15) is 0 Å². The fourth-order valence-electron chi connectivity index (χ4n) is 0.923. The van der Waals surface area contributed by atoms with E-state index in [1.54, 1.807) is 0 Å². The van der Waals surface area contributed by atoms with Crippen LogP contribution in [0.3, 0.4) is 0 Å². The zero-order chi connectivity index (χ0) is 11.5. The second-order valence-electron chi connectivity index (χ2n) is 3.30. The normalized spacial score (nSPS) is 8.67. The first-order chi connectivity index (χ1) is 7.16. The van der Waals surface area contributed by atoms with Crippen molar-refractivity contribution in [3.8, 4) is 0 Å². The van der Waals surface area contributed by atoms with Crippen molar-refractivity contribution < 1.29 is 4.79 Å². The number of aryl methyl sites for hydroxylation is 1. The number of rotatable bonds is 3. The van der Waals surface area contributed by atoms with Crippen molar-refractivity contribution in [1.29, 1.82) is 0 Å². The van der Waals surface area contributed by atoms with E-state index in [0.717, 1.165) is 12.8 Å². The Morgan fingerprint density at radius 3 is 2.27 bits per heavy atom. The topological polar surface area (TPSA) is 55.1 Å². The van der Waals surface area contributed by atoms with Crippen LogP contribution in [0.1, 0.15) is 25.3 Å². The van der Waals surface area contributed by atoms with Gasteiger partial charge in [0, 0.05) is 6.54 Å². The largest absolute Gasteiger partial charge is 0.352 e. The quantitative estimate of drug-likeness (QED) is 0.736. The van der Waals surface area contributed by atoms with E-state index in [0.29, 0.717) is 6.54 Å². The number of urea groups is 1. The molecule has 0 saturated heterocycles. The number of nitrogens with two attached hydrogens (primary N) is 1. The first-order valence-corrected chi connectivity index (χ1v) is 5.21. The highest BCUT2D eigenvalue weighted by molar-refractivity contribution is 5.71. The third-order valence-electron chi connectivity index (χ3n) is 1.77. The van der Waals surface area contributed by atoms with Gasteiger partial charge in [0.15, 0.2) is 0 Å². The summed E-state index contributed by atoms with van der Waals surface area (Å²) in [7, 11) is 0. The van der Waals surface area contributed by atoms with Gasteiger partial charge in [-0.3, -0.25) is 0 Å². The van der Waals surface area contributed by atoms with Crippen LogP contribution in [0.4, 0.5) is 4.79 Å². The number of carbonyl (C=O) groups excluding carboxylic acids is 1. The van der Waals surface area contributed by atoms with Gasteiger partial charge in [-0.15, -0.1) is 0 Å². The number of amides is 2. The van der Waals surface area contributed by atoms with E-state index < -0.39 is 6.03 Å². The smallest absolute Gasteiger partial charge is 0.312 e. The van der Waals surface area contributed by atoms with E-state index in [1.165, 1.54) is 5.56 Å². The Morgan fingerprint density at radius 1 is 1.33 bits per heavy atom. The monoisotopic (exact) mass is 208 g/mol. The summed E-state index contributed by atoms with van der Waals surface area (Å²) in [4.78, 5) is 9.99. The molecule has 0 aliphatic heterocycles. The summed E-state index contributed by atoms with van der Waals surface area (Å²) in [5.74, 6) is 0. The number of hydrogen-bond acceptors (Lipinski definition) is 1. The molecule has 3 nitrogen and oxygen atoms in total. The van der Waals surface area contributed by atoms with E-state index in [9.17, 15) is 4.79 Å². The summed E-state index contributed by atoms with van der Waals surface area (Å²) >= 11 is 0. The van der Waals surface area contributed by atoms with Crippen LogP contribution in [0.5, 0.6) is 0 Å². The molecule has 0 radical (unpaired) electrons. The van der Waals surface area contributed by atoms with Crippen molar-refractivity contribution >= 4 is 6.03 Å². The Labute approximate surface area is 91.7 Å². The lowest BCUT2D eigenvalue weighted by molar-refractivity contribution is 0.249. The Balaban J connectivity index is 0.000000262. The molecule has 3 heteroatoms. The lowest BCUT2D eigenvalue weighted by atomic mass is 10.2. The molecule has 0 saturated carbocycles. The number of nitrogens with one attached hydrogen (secondary N) is 1. The van der Waals surface area contributed by atoms with Crippen LogP contribution in [-0.2, 0) is 0 Å². The Hall–Kier alpha value is -1.51. The van der Waals surface area contributed by atoms with E-state index in [-0.39, 0.29) is 0 Å². The molecule has 0 unspecified atom stereocenters. The molecule has 1 aromatic rings. The van der Waals surface area contributed by atoms with Gasteiger partial charge in [0.05, 0.1) is 0 Å². The molecule has 0 heterocycles. The maximum atomic E-state index is 9.99. The highest BCUT2D eigenvalue weighted by atomic mass is 16.2. The Kier molecular flexibility index (Phi) is 8.15. The Bertz CT molecular complexity index is 260. The third kappa shape index (κ3) is 10.4. The van der Waals surface area contributed by atoms with Crippen LogP contribution in [0.15, 0.2) is 30.3 Å². The Morgan fingerprint density at radius 2 is 1.93 bits per heavy atom. The molecule has 2 amide bonds. The zero-order valence-electron chi connectivity index (χ0n) is 9.49. The van der Waals surface area contributed by atoms with Crippen molar-refractivity contribution in [3.63, 3.8) is 0 Å². The molecule has 84 valence electrons. The summed E-state index contributed by atoms with van der Waals surface area (Å²) in [5, 5.41) is 2.49. The number of benzene rings is 1. The highest BCUT2D eigenvalue weighted by Crippen LogP contribution is 1.92. The van der Waals surface area contributed by atoms with Crippen LogP contribution in [0.2, 0.25) is 0 Å². The molecule has 0 aliphatic carbocycles. The molecular weight excluding hydrogens is 188 g/mol. The maximum Gasteiger partial charge on any atom is 0.312 e. The standard InChI is InChI=1S/C7H8.C5H12N2O/c1-7-5-3-2-4-6-7;1-2-3-4-7-5(6)8/h2-6H,1H3;2-4H2,1H3,(H3,6,7,8). The second-order valence-corrected chi connectivity index (χ2v) is 3.30. The van der Waals surface area contributed by atoms with E-state index >= 15 is 0 Å². The first kappa shape index (κ1) is 13.5. The first-order valence-electron chi connectivity index (χ1n) is 5.21. The number of primary amides is 1. The SMILES string of the molecule is CCCCNC(N)=O.Cc1ccccc1. The molecule has 0 spiro atoms. The van der Waals surface area contributed by atoms with Gasteiger partial charge in [0.2, 0.25) is 0 Å². The predicted octanol–water partition coefficient (Wildman–Crippen LogP) is 2.45. The van der Waals surface area contributed by atoms with E-state index in [2.05, 4.69) is 31.3 Å². The molecule has 0 atom stereocenters. The zero-order valence-corrected chi connectivity index (χ0v) is 9.49. The fraction of sp³-hybridized carbons (Fsp3) is 0.417. The minimum absolute atomic E-state index is 0.432. The molecule has 0 aromatic heterocycles. The number of carbonyl (C=O) groups is 1. The van der Waals surface area contributed by atoms with Crippen LogP contribution in [0, 0.1) is 6.92 Å². The van der Waals surface area contributed by atoms with Crippen molar-refractivity contribution in [2.75, 3.05) is 6.54 Å². The van der Waals surface area contributed by atoms with Crippen molar-refractivity contribution in [2.24, 2.45) is 5.73 Å². The van der Waals surface area contributed by atoms with E-state index in [1.807, 2.05) is 18.2 Å². The number of hydrogen-bond donors (Lipinski definition) is 2. The van der Waals surface area contributed by atoms with Gasteiger partial charge in [-0.1, -0.05) is 49.2 Å². The van der Waals surface area contributed by atoms with Crippen LogP contribution >= 0.6 is 0 Å². The second kappa shape index (κ2) is 9.06. The fourth-order valence-corrected chi connectivity index (χ4v) is 0.923. The van der Waals surface area contributed by atoms with Crippen LogP contribution < -0.4 is 11.1 Å². The van der Waals surface area contributed by atoms with Gasteiger partial charge in [-0.25, -0.2) is 4.79 Å². The molecule has 15 heavy (non-hydrogen) atoms. The van der Waals surface area contributed by atoms with Gasteiger partial charge >= 0.3 is 6.03 Å². The molecule has 1 aromatic carbocycles. The van der Waals surface area contributed by atoms with Crippen molar-refractivity contribution in [2.45, 2.75) is 26.7 Å². The molecular formula is C12H20N2O. The molecule has 0 bridgehead atoms. The van der Waals surface area contributed by atoms with E-state index in [4.69, 9.17) is 5.73 Å². The summed E-state index contributed by atoms with van der Waals surface area (Å²) in [6.45, 7) is 4.84. The third-order valence-corrected chi connectivity index (χ3v) is 1.77. The summed E-state index contributed by atoms with van der Waals surface area (Å²) in [5.41, 5.74) is 6.10. The van der Waals surface area contributed by atoms with Gasteiger partial charge in [-0.05, 0) is 13.3 Å². The summed E-state index contributed by atoms with van der Waals surface area (Å²) in [6, 6.07) is 9.83. The van der Waals surface area contributed by atoms with Crippen LogP contribution in [0.25, 0.3) is 0 Å². The average Bonchev–Trinajstić information content (AvgIpc) is 2.20. The molecule has 0 fully saturated rings. The van der Waals surface area contributed by atoms with Crippen molar-refractivity contribution in [3.05, 3.63) is 35.9 Å². The van der Waals surface area contributed by atoms with Crippen LogP contribution in [-0.4, -0.2) is 12.6 Å². The minimum atomic E-state index is -0.432. The van der Waals surface area contributed by atoms with Crippen molar-refractivity contribution in [1.82, 2.24) is 5.32 Å². The lowest BCUT2D eigenvalue weighted by Crippen LogP contribution is -2.29. The van der Waals surface area contributed by atoms with Gasteiger partial charge in [0.25, 0.3) is 0 Å². The van der Waals surface area contributed by atoms with Gasteiger partial charge < -0.3 is 11.1 Å². The molecule has 3 N–H and O–H groups in total. The summed E-state index contributed by atoms with van der Waals surface area (Å²) in [6.07, 6.45) is 2.09. The maximum absolute atomic E-state index is 9.99. The molecule has 1 rings (SSSR count). The summed E-state index contributed by atoms with van der Waals surface area (Å²) < 4.78 is 0.